The minimum absolute atomic E-state index is 0.130. The van der Waals surface area contributed by atoms with E-state index in [1.165, 1.54) is 25.4 Å². The number of pyridine rings is 2. The summed E-state index contributed by atoms with van der Waals surface area (Å²) in [4.78, 5) is 31.2. The van der Waals surface area contributed by atoms with Crippen LogP contribution in [0.25, 0.3) is 11.1 Å². The van der Waals surface area contributed by atoms with Crippen LogP contribution in [0.1, 0.15) is 35.0 Å². The van der Waals surface area contributed by atoms with Crippen LogP contribution in [0.2, 0.25) is 0 Å². The average molecular weight is 486 g/mol. The van der Waals surface area contributed by atoms with Gasteiger partial charge in [-0.3, -0.25) is 14.6 Å². The summed E-state index contributed by atoms with van der Waals surface area (Å²) in [5, 5.41) is 6.00. The maximum Gasteiger partial charge on any atom is 0.264 e. The first-order valence-electron chi connectivity index (χ1n) is 11.2. The first-order valence-corrected chi connectivity index (χ1v) is 11.2. The van der Waals surface area contributed by atoms with Gasteiger partial charge in [0.05, 0.1) is 16.9 Å². The number of nitrogens with one attached hydrogen (secondary N) is 2. The van der Waals surface area contributed by atoms with Crippen LogP contribution in [-0.4, -0.2) is 41.1 Å². The molecule has 10 heteroatoms. The topological polar surface area (TPSA) is 79.3 Å². The number of carbonyl (C=O) groups is 1. The number of aryl methyl sites for hydroxylation is 2. The highest BCUT2D eigenvalue weighted by Crippen LogP contribution is 2.35. The lowest BCUT2D eigenvalue weighted by Crippen LogP contribution is -2.49. The summed E-state index contributed by atoms with van der Waals surface area (Å²) in [5.74, 6) is -1.31. The zero-order chi connectivity index (χ0) is 25.3. The molecule has 1 amide bonds. The van der Waals surface area contributed by atoms with E-state index in [0.717, 1.165) is 22.5 Å². The highest BCUT2D eigenvalue weighted by atomic mass is 19.3. The Morgan fingerprint density at radius 2 is 2.03 bits per heavy atom. The number of amides is 1. The van der Waals surface area contributed by atoms with Gasteiger partial charge in [0.2, 0.25) is 0 Å². The smallest absolute Gasteiger partial charge is 0.264 e. The van der Waals surface area contributed by atoms with E-state index in [9.17, 15) is 18.4 Å². The molecule has 1 fully saturated rings. The normalized spacial score (nSPS) is 16.0. The number of hydrogen-bond donors (Lipinski definition) is 2. The van der Waals surface area contributed by atoms with Crippen molar-refractivity contribution in [2.45, 2.75) is 26.3 Å². The molecule has 184 valence electrons. The van der Waals surface area contributed by atoms with Crippen LogP contribution in [0.3, 0.4) is 0 Å². The summed E-state index contributed by atoms with van der Waals surface area (Å²) in [6.45, 7) is 5.60. The predicted molar refractivity (Wildman–Crippen MR) is 129 cm³/mol. The molecule has 7 nitrogen and oxygen atoms in total. The number of nitrogens with zero attached hydrogens (tertiary/aromatic N) is 3. The number of benzene rings is 1. The average Bonchev–Trinajstić information content (AvgIpc) is 2.82. The number of carbonyl (C=O) groups excluding carboxylic acids is 1. The second-order valence-corrected chi connectivity index (χ2v) is 8.69. The predicted octanol–water partition coefficient (Wildman–Crippen LogP) is 3.88. The van der Waals surface area contributed by atoms with Crippen molar-refractivity contribution in [1.29, 1.82) is 0 Å². The second kappa shape index (κ2) is 9.91. The molecule has 1 aliphatic heterocycles. The third kappa shape index (κ3) is 5.22. The van der Waals surface area contributed by atoms with Gasteiger partial charge >= 0.3 is 0 Å². The van der Waals surface area contributed by atoms with Gasteiger partial charge < -0.3 is 20.1 Å². The summed E-state index contributed by atoms with van der Waals surface area (Å²) in [5.41, 5.74) is 0.573. The molecule has 0 bridgehead atoms. The van der Waals surface area contributed by atoms with E-state index in [1.54, 1.807) is 12.1 Å². The number of anilines is 2. The molecule has 1 saturated heterocycles. The SMILES string of the molecule is Cc1ccc(-c2cc(NC(=O)c3cn(C)c(=O)cc3C(F)F)c(N3CCNC(C)C3)cc2F)cn1. The zero-order valence-electron chi connectivity index (χ0n) is 19.6. The zero-order valence-corrected chi connectivity index (χ0v) is 19.6. The first kappa shape index (κ1) is 24.5. The Bertz CT molecular complexity index is 1310. The van der Waals surface area contributed by atoms with Crippen molar-refractivity contribution >= 4 is 17.3 Å². The quantitative estimate of drug-likeness (QED) is 0.574. The molecule has 2 N–H and O–H groups in total. The van der Waals surface area contributed by atoms with Crippen LogP contribution in [0.4, 0.5) is 24.5 Å². The van der Waals surface area contributed by atoms with E-state index in [-0.39, 0.29) is 22.9 Å². The molecule has 1 aliphatic rings. The highest BCUT2D eigenvalue weighted by molar-refractivity contribution is 6.07. The first-order chi connectivity index (χ1) is 16.6. The molecule has 0 saturated carbocycles. The van der Waals surface area contributed by atoms with E-state index in [2.05, 4.69) is 15.6 Å². The molecule has 3 heterocycles. The van der Waals surface area contributed by atoms with Gasteiger partial charge in [-0.25, -0.2) is 13.2 Å². The summed E-state index contributed by atoms with van der Waals surface area (Å²) < 4.78 is 43.6. The fourth-order valence-corrected chi connectivity index (χ4v) is 4.13. The lowest BCUT2D eigenvalue weighted by molar-refractivity contribution is 0.101. The van der Waals surface area contributed by atoms with Gasteiger partial charge in [0.1, 0.15) is 5.82 Å². The third-order valence-electron chi connectivity index (χ3n) is 6.01. The van der Waals surface area contributed by atoms with E-state index >= 15 is 4.39 Å². The standard InChI is InChI=1S/C25H26F3N5O2/c1-14-4-5-16(11-30-14)17-8-21(22(10-20(17)26)33-7-6-29-15(2)12-33)31-25(35)19-13-32(3)23(34)9-18(19)24(27)28/h4-5,8-11,13,15,24,29H,6-7,12H2,1-3H3,(H,31,35). The molecule has 0 spiro atoms. The number of rotatable bonds is 5. The number of hydrogen-bond acceptors (Lipinski definition) is 5. The molecule has 0 aliphatic carbocycles. The van der Waals surface area contributed by atoms with Gasteiger partial charge in [0.25, 0.3) is 17.9 Å². The van der Waals surface area contributed by atoms with Crippen LogP contribution in [0.5, 0.6) is 0 Å². The van der Waals surface area contributed by atoms with E-state index in [1.807, 2.05) is 18.7 Å². The lowest BCUT2D eigenvalue weighted by atomic mass is 10.0. The molecule has 1 atom stereocenters. The number of halogens is 3. The van der Waals surface area contributed by atoms with Gasteiger partial charge in [-0.1, -0.05) is 6.07 Å². The van der Waals surface area contributed by atoms with Crippen LogP contribution >= 0.6 is 0 Å². The Hall–Kier alpha value is -3.66. The van der Waals surface area contributed by atoms with Crippen molar-refractivity contribution in [1.82, 2.24) is 14.9 Å². The molecule has 1 unspecified atom stereocenters. The van der Waals surface area contributed by atoms with Crippen LogP contribution in [0, 0.1) is 12.7 Å². The summed E-state index contributed by atoms with van der Waals surface area (Å²) in [7, 11) is 1.38. The minimum atomic E-state index is -3.01. The van der Waals surface area contributed by atoms with E-state index in [0.29, 0.717) is 30.9 Å². The fraction of sp³-hybridized carbons (Fsp3) is 0.320. The van der Waals surface area contributed by atoms with E-state index < -0.39 is 29.3 Å². The summed E-state index contributed by atoms with van der Waals surface area (Å²) in [6, 6.07) is 7.19. The molecule has 3 aromatic rings. The second-order valence-electron chi connectivity index (χ2n) is 8.69. The molecule has 1 aromatic carbocycles. The molecule has 4 rings (SSSR count). The number of aromatic nitrogens is 2. The lowest BCUT2D eigenvalue weighted by Gasteiger charge is -2.35. The van der Waals surface area contributed by atoms with Crippen molar-refractivity contribution < 1.29 is 18.0 Å². The van der Waals surface area contributed by atoms with Gasteiger partial charge in [0.15, 0.2) is 0 Å². The van der Waals surface area contributed by atoms with Gasteiger partial charge in [-0.2, -0.15) is 0 Å². The Morgan fingerprint density at radius 3 is 2.69 bits per heavy atom. The highest BCUT2D eigenvalue weighted by Gasteiger charge is 2.25. The van der Waals surface area contributed by atoms with Crippen LogP contribution in [0.15, 0.2) is 47.5 Å². The van der Waals surface area contributed by atoms with Crippen LogP contribution in [-0.2, 0) is 7.05 Å². The molecule has 2 aromatic heterocycles. The maximum absolute atomic E-state index is 15.3. The van der Waals surface area contributed by atoms with E-state index in [4.69, 9.17) is 0 Å². The third-order valence-corrected chi connectivity index (χ3v) is 6.01. The van der Waals surface area contributed by atoms with Gasteiger partial charge in [0, 0.05) is 73.6 Å². The Balaban J connectivity index is 1.80. The van der Waals surface area contributed by atoms with Crippen molar-refractivity contribution in [2.75, 3.05) is 29.9 Å². The molecule has 35 heavy (non-hydrogen) atoms. The van der Waals surface area contributed by atoms with Crippen molar-refractivity contribution in [3.63, 3.8) is 0 Å². The van der Waals surface area contributed by atoms with Gasteiger partial charge in [-0.05, 0) is 32.0 Å². The maximum atomic E-state index is 15.3. The molecular weight excluding hydrogens is 459 g/mol. The number of piperazine rings is 1. The molecular formula is C25H26F3N5O2. The van der Waals surface area contributed by atoms with Crippen molar-refractivity contribution in [2.24, 2.45) is 7.05 Å². The molecule has 0 radical (unpaired) electrons. The Kier molecular flexibility index (Phi) is 6.93. The van der Waals surface area contributed by atoms with Crippen LogP contribution < -0.4 is 21.1 Å². The fourth-order valence-electron chi connectivity index (χ4n) is 4.13. The Morgan fingerprint density at radius 1 is 1.26 bits per heavy atom. The summed E-state index contributed by atoms with van der Waals surface area (Å²) in [6.07, 6.45) is -0.394. The van der Waals surface area contributed by atoms with Crippen molar-refractivity contribution in [3.05, 3.63) is 75.7 Å². The summed E-state index contributed by atoms with van der Waals surface area (Å²) >= 11 is 0. The minimum Gasteiger partial charge on any atom is -0.367 e. The monoisotopic (exact) mass is 485 g/mol. The van der Waals surface area contributed by atoms with Gasteiger partial charge in [-0.15, -0.1) is 0 Å². The largest absolute Gasteiger partial charge is 0.367 e. The van der Waals surface area contributed by atoms with Crippen molar-refractivity contribution in [3.8, 4) is 11.1 Å². The number of alkyl halides is 2. The Labute approximate surface area is 200 Å².